The molecule has 1 atom stereocenters. The van der Waals surface area contributed by atoms with Crippen LogP contribution in [0.4, 0.5) is 26.0 Å². The number of halogens is 2. The summed E-state index contributed by atoms with van der Waals surface area (Å²) in [4.78, 5) is 11.4. The predicted octanol–water partition coefficient (Wildman–Crippen LogP) is 2.39. The van der Waals surface area contributed by atoms with Crippen molar-refractivity contribution in [2.75, 3.05) is 24.3 Å². The molecular weight excluding hydrogens is 372 g/mol. The molecule has 8 nitrogen and oxygen atoms in total. The van der Waals surface area contributed by atoms with Gasteiger partial charge in [-0.1, -0.05) is 0 Å². The summed E-state index contributed by atoms with van der Waals surface area (Å²) < 4.78 is 34.2. The first-order valence-electron chi connectivity index (χ1n) is 8.39. The fourth-order valence-electron chi connectivity index (χ4n) is 2.57. The minimum absolute atomic E-state index is 0.00804. The van der Waals surface area contributed by atoms with Crippen LogP contribution in [0.2, 0.25) is 0 Å². The van der Waals surface area contributed by atoms with Crippen molar-refractivity contribution < 1.29 is 23.1 Å². The highest BCUT2D eigenvalue weighted by molar-refractivity contribution is 5.75. The van der Waals surface area contributed by atoms with Gasteiger partial charge in [-0.15, -0.1) is 0 Å². The summed E-state index contributed by atoms with van der Waals surface area (Å²) in [5.41, 5.74) is 1.07. The summed E-state index contributed by atoms with van der Waals surface area (Å²) in [5, 5.41) is 22.0. The van der Waals surface area contributed by atoms with Gasteiger partial charge in [0.15, 0.2) is 5.88 Å². The predicted molar refractivity (Wildman–Crippen MR) is 98.1 cm³/mol. The molecule has 0 bridgehead atoms. The van der Waals surface area contributed by atoms with Gasteiger partial charge in [0.2, 0.25) is 5.91 Å². The van der Waals surface area contributed by atoms with Gasteiger partial charge in [-0.3, -0.25) is 9.48 Å². The second-order valence-corrected chi connectivity index (χ2v) is 5.97. The second kappa shape index (κ2) is 8.53. The third-order valence-corrected chi connectivity index (χ3v) is 3.94. The van der Waals surface area contributed by atoms with Crippen molar-refractivity contribution in [2.45, 2.75) is 12.6 Å². The zero-order valence-electron chi connectivity index (χ0n) is 14.9. The normalized spacial score (nSPS) is 11.9. The van der Waals surface area contributed by atoms with E-state index in [1.54, 1.807) is 12.3 Å². The molecule has 1 amide bonds. The maximum absolute atomic E-state index is 13.9. The molecule has 2 aromatic heterocycles. The van der Waals surface area contributed by atoms with E-state index < -0.39 is 24.3 Å². The number of hydrogen-bond donors (Lipinski definition) is 4. The maximum atomic E-state index is 13.9. The number of nitrogens with zero attached hydrogens (tertiary/aromatic N) is 2. The van der Waals surface area contributed by atoms with Crippen LogP contribution in [-0.2, 0) is 11.3 Å². The molecule has 0 aliphatic heterocycles. The summed E-state index contributed by atoms with van der Waals surface area (Å²) in [7, 11) is 1.54. The van der Waals surface area contributed by atoms with E-state index in [2.05, 4.69) is 21.0 Å². The smallest absolute Gasteiger partial charge is 0.241 e. The number of amides is 1. The third kappa shape index (κ3) is 4.65. The Hall–Kier alpha value is -3.40. The van der Waals surface area contributed by atoms with Crippen molar-refractivity contribution in [1.29, 1.82) is 0 Å². The lowest BCUT2D eigenvalue weighted by molar-refractivity contribution is -0.121. The number of likely N-dealkylation sites (N-methyl/N-ethyl adjacent to an activating group) is 1. The van der Waals surface area contributed by atoms with Crippen molar-refractivity contribution in [1.82, 2.24) is 15.1 Å². The van der Waals surface area contributed by atoms with Crippen molar-refractivity contribution in [2.24, 2.45) is 0 Å². The fourth-order valence-corrected chi connectivity index (χ4v) is 2.57. The Bertz CT molecular complexity index is 956. The van der Waals surface area contributed by atoms with Crippen LogP contribution in [0, 0.1) is 11.6 Å². The number of carbonyl (C=O) groups is 1. The van der Waals surface area contributed by atoms with Gasteiger partial charge in [-0.25, -0.2) is 8.78 Å². The molecule has 0 saturated heterocycles. The summed E-state index contributed by atoms with van der Waals surface area (Å²) in [5.74, 6) is -1.05. The van der Waals surface area contributed by atoms with Crippen LogP contribution in [-0.4, -0.2) is 34.4 Å². The molecule has 3 aromatic rings. The minimum Gasteiger partial charge on any atom is -0.446 e. The molecule has 0 spiro atoms. The van der Waals surface area contributed by atoms with E-state index in [0.717, 1.165) is 18.2 Å². The molecule has 0 radical (unpaired) electrons. The summed E-state index contributed by atoms with van der Waals surface area (Å²) in [6.07, 6.45) is 4.53. The van der Waals surface area contributed by atoms with E-state index in [4.69, 9.17) is 4.42 Å². The monoisotopic (exact) mass is 391 g/mol. The van der Waals surface area contributed by atoms with Crippen LogP contribution in [0.3, 0.4) is 0 Å². The lowest BCUT2D eigenvalue weighted by Gasteiger charge is -2.17. The van der Waals surface area contributed by atoms with E-state index in [0.29, 0.717) is 17.3 Å². The Morgan fingerprint density at radius 1 is 1.32 bits per heavy atom. The van der Waals surface area contributed by atoms with Gasteiger partial charge in [0, 0.05) is 24.9 Å². The van der Waals surface area contributed by atoms with E-state index >= 15 is 0 Å². The van der Waals surface area contributed by atoms with E-state index in [1.165, 1.54) is 24.2 Å². The number of hydrogen-bond acceptors (Lipinski definition) is 6. The maximum Gasteiger partial charge on any atom is 0.241 e. The highest BCUT2D eigenvalue weighted by atomic mass is 19.1. The van der Waals surface area contributed by atoms with Crippen LogP contribution in [0.15, 0.2) is 47.3 Å². The van der Waals surface area contributed by atoms with Crippen LogP contribution in [0.1, 0.15) is 11.6 Å². The number of aliphatic hydroxyl groups is 1. The molecule has 1 aromatic carbocycles. The largest absolute Gasteiger partial charge is 0.446 e. The number of furan rings is 1. The first-order valence-corrected chi connectivity index (χ1v) is 8.39. The van der Waals surface area contributed by atoms with Gasteiger partial charge in [0.1, 0.15) is 24.4 Å². The van der Waals surface area contributed by atoms with Gasteiger partial charge in [0.25, 0.3) is 0 Å². The molecule has 10 heteroatoms. The van der Waals surface area contributed by atoms with Crippen molar-refractivity contribution in [3.63, 3.8) is 0 Å². The molecule has 148 valence electrons. The van der Waals surface area contributed by atoms with Crippen LogP contribution in [0.5, 0.6) is 0 Å². The number of anilines is 3. The van der Waals surface area contributed by atoms with Crippen molar-refractivity contribution in [3.8, 4) is 0 Å². The number of aromatic nitrogens is 2. The quantitative estimate of drug-likeness (QED) is 0.470. The Morgan fingerprint density at radius 2 is 2.14 bits per heavy atom. The third-order valence-electron chi connectivity index (χ3n) is 3.94. The van der Waals surface area contributed by atoms with Gasteiger partial charge >= 0.3 is 0 Å². The molecule has 0 saturated carbocycles. The fraction of sp³-hybridized carbons (Fsp3) is 0.222. The molecule has 0 aliphatic rings. The molecule has 28 heavy (non-hydrogen) atoms. The standard InChI is InChI=1S/C18H19F2N5O3/c1-21-17(27)8-25-7-13(6-22-25)24-18-5-12(10-28-18)23-16(9-26)14-4-11(19)2-3-15(14)20/h2-7,10,16,23-24,26H,8-9H2,1H3,(H,21,27). The molecule has 3 rings (SSSR count). The molecule has 0 fully saturated rings. The number of benzene rings is 1. The van der Waals surface area contributed by atoms with E-state index in [-0.39, 0.29) is 18.0 Å². The Balaban J connectivity index is 1.66. The van der Waals surface area contributed by atoms with Gasteiger partial charge in [-0.05, 0) is 18.2 Å². The zero-order chi connectivity index (χ0) is 20.1. The van der Waals surface area contributed by atoms with Gasteiger partial charge < -0.3 is 25.5 Å². The molecule has 1 unspecified atom stereocenters. The SMILES string of the molecule is CNC(=O)Cn1cc(Nc2cc(NC(CO)c3cc(F)ccc3F)co2)cn1. The summed E-state index contributed by atoms with van der Waals surface area (Å²) in [6.45, 7) is -0.360. The van der Waals surface area contributed by atoms with Crippen LogP contribution in [0.25, 0.3) is 0 Å². The summed E-state index contributed by atoms with van der Waals surface area (Å²) in [6, 6.07) is 3.79. The zero-order valence-corrected chi connectivity index (χ0v) is 14.9. The van der Waals surface area contributed by atoms with E-state index in [1.807, 2.05) is 0 Å². The average molecular weight is 391 g/mol. The second-order valence-electron chi connectivity index (χ2n) is 5.97. The van der Waals surface area contributed by atoms with Gasteiger partial charge in [-0.2, -0.15) is 5.10 Å². The number of rotatable bonds is 8. The Labute approximate surface area is 159 Å². The van der Waals surface area contributed by atoms with Crippen LogP contribution >= 0.6 is 0 Å². The molecular formula is C18H19F2N5O3. The minimum atomic E-state index is -0.851. The van der Waals surface area contributed by atoms with Gasteiger partial charge in [0.05, 0.1) is 30.2 Å². The number of aliphatic hydroxyl groups excluding tert-OH is 1. The first kappa shape index (κ1) is 19.4. The Morgan fingerprint density at radius 3 is 2.89 bits per heavy atom. The number of carbonyl (C=O) groups excluding carboxylic acids is 1. The molecule has 0 aliphatic carbocycles. The van der Waals surface area contributed by atoms with Crippen LogP contribution < -0.4 is 16.0 Å². The first-order chi connectivity index (χ1) is 13.5. The summed E-state index contributed by atoms with van der Waals surface area (Å²) >= 11 is 0. The van der Waals surface area contributed by atoms with Crippen molar-refractivity contribution >= 4 is 23.2 Å². The topological polar surface area (TPSA) is 104 Å². The Kier molecular flexibility index (Phi) is 5.90. The number of nitrogens with one attached hydrogen (secondary N) is 3. The average Bonchev–Trinajstić information content (AvgIpc) is 3.31. The molecule has 2 heterocycles. The molecule has 4 N–H and O–H groups in total. The highest BCUT2D eigenvalue weighted by Crippen LogP contribution is 2.27. The lowest BCUT2D eigenvalue weighted by atomic mass is 10.1. The van der Waals surface area contributed by atoms with Crippen molar-refractivity contribution in [3.05, 3.63) is 60.1 Å². The van der Waals surface area contributed by atoms with E-state index in [9.17, 15) is 18.7 Å². The lowest BCUT2D eigenvalue weighted by Crippen LogP contribution is -2.23. The highest BCUT2D eigenvalue weighted by Gasteiger charge is 2.17.